The lowest BCUT2D eigenvalue weighted by Crippen LogP contribution is -2.33. The molecule has 0 aromatic carbocycles. The summed E-state index contributed by atoms with van der Waals surface area (Å²) in [6.45, 7) is 6.13. The fourth-order valence-electron chi connectivity index (χ4n) is 3.23. The number of rotatable bonds is 9. The quantitative estimate of drug-likeness (QED) is 0.209. The number of nitrogens with zero attached hydrogens (tertiary/aromatic N) is 3. The van der Waals surface area contributed by atoms with E-state index in [1.54, 1.807) is 6.08 Å². The van der Waals surface area contributed by atoms with Gasteiger partial charge in [0, 0.05) is 36.6 Å². The molecule has 0 saturated heterocycles. The molecule has 1 unspecified atom stereocenters. The van der Waals surface area contributed by atoms with E-state index in [2.05, 4.69) is 23.5 Å². The third-order valence-corrected chi connectivity index (χ3v) is 4.19. The van der Waals surface area contributed by atoms with Crippen molar-refractivity contribution in [3.05, 3.63) is 23.1 Å². The maximum atomic E-state index is 12.2. The molecular formula is C16H25N3O2. The van der Waals surface area contributed by atoms with Crippen molar-refractivity contribution >= 4 is 11.6 Å². The van der Waals surface area contributed by atoms with Gasteiger partial charge in [0.15, 0.2) is 0 Å². The van der Waals surface area contributed by atoms with E-state index in [9.17, 15) is 9.59 Å². The Bertz CT molecular complexity index is 427. The number of ketones is 2. The first-order valence-corrected chi connectivity index (χ1v) is 7.74. The lowest BCUT2D eigenvalue weighted by Gasteiger charge is -2.33. The van der Waals surface area contributed by atoms with E-state index in [0.29, 0.717) is 44.6 Å². The average molecular weight is 291 g/mol. The molecule has 0 radical (unpaired) electrons. The normalized spacial score (nSPS) is 25.2. The second-order valence-corrected chi connectivity index (χ2v) is 6.04. The molecule has 0 aromatic rings. The number of carbonyl (C=O) groups excluding carboxylic acids is 2. The van der Waals surface area contributed by atoms with Crippen LogP contribution in [0.25, 0.3) is 10.4 Å². The summed E-state index contributed by atoms with van der Waals surface area (Å²) in [5.74, 6) is 0.980. The first kappa shape index (κ1) is 17.4. The van der Waals surface area contributed by atoms with Crippen molar-refractivity contribution in [2.24, 2.45) is 22.9 Å². The summed E-state index contributed by atoms with van der Waals surface area (Å²) in [4.78, 5) is 27.0. The topological polar surface area (TPSA) is 82.9 Å². The van der Waals surface area contributed by atoms with E-state index < -0.39 is 0 Å². The molecule has 1 saturated carbocycles. The van der Waals surface area contributed by atoms with E-state index in [-0.39, 0.29) is 23.4 Å². The highest BCUT2D eigenvalue weighted by Crippen LogP contribution is 2.36. The van der Waals surface area contributed by atoms with E-state index in [0.717, 1.165) is 12.8 Å². The number of carbonyl (C=O) groups is 2. The molecule has 5 heteroatoms. The molecule has 0 spiro atoms. The summed E-state index contributed by atoms with van der Waals surface area (Å²) >= 11 is 0. The number of hydrogen-bond acceptors (Lipinski definition) is 3. The second-order valence-electron chi connectivity index (χ2n) is 6.04. The van der Waals surface area contributed by atoms with E-state index in [4.69, 9.17) is 5.53 Å². The summed E-state index contributed by atoms with van der Waals surface area (Å²) in [7, 11) is 0. The van der Waals surface area contributed by atoms with Crippen LogP contribution in [0.4, 0.5) is 0 Å². The Morgan fingerprint density at radius 3 is 3.00 bits per heavy atom. The lowest BCUT2D eigenvalue weighted by molar-refractivity contribution is -0.130. The first-order chi connectivity index (χ1) is 10.1. The van der Waals surface area contributed by atoms with Crippen molar-refractivity contribution in [2.75, 3.05) is 6.54 Å². The molecule has 1 aliphatic rings. The van der Waals surface area contributed by atoms with Gasteiger partial charge in [0.05, 0.1) is 0 Å². The van der Waals surface area contributed by atoms with E-state index >= 15 is 0 Å². The lowest BCUT2D eigenvalue weighted by atomic mass is 9.70. The standard InChI is InChI=1S/C16H25N3O2/c1-3-4-6-14(20)11-13-9-12(2)10-16(21)15(13)7-5-8-18-19-17/h3,12-13,15H,1,4-11H2,2H3/t12-,13+,15?/m1/s1. The predicted octanol–water partition coefficient (Wildman–Crippen LogP) is 4.23. The van der Waals surface area contributed by atoms with E-state index in [1.807, 2.05) is 0 Å². The summed E-state index contributed by atoms with van der Waals surface area (Å²) in [5.41, 5.74) is 8.28. The van der Waals surface area contributed by atoms with Crippen molar-refractivity contribution in [3.8, 4) is 0 Å². The Hall–Kier alpha value is -1.61. The maximum absolute atomic E-state index is 12.2. The summed E-state index contributed by atoms with van der Waals surface area (Å²) in [5, 5.41) is 3.51. The minimum Gasteiger partial charge on any atom is -0.300 e. The van der Waals surface area contributed by atoms with Gasteiger partial charge in [-0.05, 0) is 43.1 Å². The van der Waals surface area contributed by atoms with Crippen LogP contribution in [0.2, 0.25) is 0 Å². The molecule has 5 nitrogen and oxygen atoms in total. The monoisotopic (exact) mass is 291 g/mol. The third-order valence-electron chi connectivity index (χ3n) is 4.19. The number of Topliss-reactive ketones (excluding diaryl/α,β-unsaturated/α-hetero) is 2. The van der Waals surface area contributed by atoms with Gasteiger partial charge in [-0.2, -0.15) is 0 Å². The highest BCUT2D eigenvalue weighted by atomic mass is 16.1. The van der Waals surface area contributed by atoms with E-state index in [1.165, 1.54) is 0 Å². The summed E-state index contributed by atoms with van der Waals surface area (Å²) in [6, 6.07) is 0. The second kappa shape index (κ2) is 9.35. The van der Waals surface area contributed by atoms with Crippen molar-refractivity contribution < 1.29 is 9.59 Å². The zero-order valence-corrected chi connectivity index (χ0v) is 12.8. The van der Waals surface area contributed by atoms with Crippen molar-refractivity contribution in [1.82, 2.24) is 0 Å². The molecule has 0 aliphatic heterocycles. The molecule has 0 aromatic heterocycles. The molecular weight excluding hydrogens is 266 g/mol. The van der Waals surface area contributed by atoms with Gasteiger partial charge >= 0.3 is 0 Å². The molecule has 1 fully saturated rings. The smallest absolute Gasteiger partial charge is 0.136 e. The Kier molecular flexibility index (Phi) is 7.76. The fourth-order valence-corrected chi connectivity index (χ4v) is 3.23. The van der Waals surface area contributed by atoms with Gasteiger partial charge in [-0.3, -0.25) is 9.59 Å². The molecule has 21 heavy (non-hydrogen) atoms. The van der Waals surface area contributed by atoms with Gasteiger partial charge in [0.2, 0.25) is 0 Å². The molecule has 0 N–H and O–H groups in total. The average Bonchev–Trinajstić information content (AvgIpc) is 2.43. The van der Waals surface area contributed by atoms with Crippen LogP contribution in [-0.2, 0) is 9.59 Å². The van der Waals surface area contributed by atoms with Gasteiger partial charge < -0.3 is 0 Å². The van der Waals surface area contributed by atoms with Crippen molar-refractivity contribution in [1.29, 1.82) is 0 Å². The largest absolute Gasteiger partial charge is 0.300 e. The van der Waals surface area contributed by atoms with Crippen LogP contribution < -0.4 is 0 Å². The molecule has 1 aliphatic carbocycles. The fraction of sp³-hybridized carbons (Fsp3) is 0.750. The number of allylic oxidation sites excluding steroid dienone is 1. The Morgan fingerprint density at radius 1 is 1.57 bits per heavy atom. The zero-order valence-electron chi connectivity index (χ0n) is 12.8. The minimum absolute atomic E-state index is 0.0391. The van der Waals surface area contributed by atoms with Crippen LogP contribution in [0, 0.1) is 17.8 Å². The molecule has 0 heterocycles. The number of azide groups is 1. The van der Waals surface area contributed by atoms with Crippen LogP contribution in [0.5, 0.6) is 0 Å². The first-order valence-electron chi connectivity index (χ1n) is 7.74. The van der Waals surface area contributed by atoms with Crippen LogP contribution in [-0.4, -0.2) is 18.1 Å². The zero-order chi connectivity index (χ0) is 15.7. The van der Waals surface area contributed by atoms with Gasteiger partial charge in [0.25, 0.3) is 0 Å². The van der Waals surface area contributed by atoms with Gasteiger partial charge in [-0.25, -0.2) is 0 Å². The van der Waals surface area contributed by atoms with Gasteiger partial charge in [-0.1, -0.05) is 18.1 Å². The molecule has 0 bridgehead atoms. The Labute approximate surface area is 126 Å². The predicted molar refractivity (Wildman–Crippen MR) is 82.7 cm³/mol. The molecule has 0 amide bonds. The minimum atomic E-state index is -0.0391. The van der Waals surface area contributed by atoms with Crippen LogP contribution >= 0.6 is 0 Å². The summed E-state index contributed by atoms with van der Waals surface area (Å²) < 4.78 is 0. The highest BCUT2D eigenvalue weighted by Gasteiger charge is 2.35. The van der Waals surface area contributed by atoms with Crippen molar-refractivity contribution in [3.63, 3.8) is 0 Å². The highest BCUT2D eigenvalue weighted by molar-refractivity contribution is 5.84. The van der Waals surface area contributed by atoms with Gasteiger partial charge in [0.1, 0.15) is 11.6 Å². The third kappa shape index (κ3) is 6.13. The maximum Gasteiger partial charge on any atom is 0.136 e. The summed E-state index contributed by atoms with van der Waals surface area (Å²) in [6.07, 6.45) is 6.47. The molecule has 3 atom stereocenters. The van der Waals surface area contributed by atoms with Gasteiger partial charge in [-0.15, -0.1) is 6.58 Å². The SMILES string of the molecule is C=CCCC(=O)C[C@@H]1C[C@@H](C)CC(=O)C1CCCN=[N+]=[N-]. The van der Waals surface area contributed by atoms with Crippen molar-refractivity contribution in [2.45, 2.75) is 51.9 Å². The number of hydrogen-bond donors (Lipinski definition) is 0. The Balaban J connectivity index is 2.59. The molecule has 1 rings (SSSR count). The molecule has 116 valence electrons. The Morgan fingerprint density at radius 2 is 2.33 bits per heavy atom. The van der Waals surface area contributed by atoms with Crippen LogP contribution in [0.3, 0.4) is 0 Å². The van der Waals surface area contributed by atoms with Crippen LogP contribution in [0.1, 0.15) is 51.9 Å². The van der Waals surface area contributed by atoms with Crippen LogP contribution in [0.15, 0.2) is 17.8 Å².